The Morgan fingerprint density at radius 1 is 0.930 bits per heavy atom. The lowest BCUT2D eigenvalue weighted by Crippen LogP contribution is -2.09. The van der Waals surface area contributed by atoms with E-state index >= 15 is 0 Å². The quantitative estimate of drug-likeness (QED) is 0.176. The maximum atomic E-state index is 12.7. The van der Waals surface area contributed by atoms with Crippen LogP contribution in [0.3, 0.4) is 0 Å². The molecule has 0 unspecified atom stereocenters. The number of aryl methyl sites for hydroxylation is 3. The molecule has 0 saturated carbocycles. The number of fused-ring (bicyclic) bond motifs is 2. The molecule has 8 heteroatoms. The van der Waals surface area contributed by atoms with Crippen molar-refractivity contribution in [1.82, 2.24) is 24.3 Å². The summed E-state index contributed by atoms with van der Waals surface area (Å²) in [5, 5.41) is 5.77. The zero-order valence-electron chi connectivity index (χ0n) is 24.8. The van der Waals surface area contributed by atoms with Crippen molar-refractivity contribution in [2.75, 3.05) is 14.2 Å². The van der Waals surface area contributed by atoms with E-state index in [-0.39, 0.29) is 0 Å². The van der Waals surface area contributed by atoms with Crippen LogP contribution in [0.5, 0.6) is 5.75 Å². The van der Waals surface area contributed by atoms with Gasteiger partial charge in [0.25, 0.3) is 0 Å². The SMILES string of the molecule is CCc1nc2c(C)cc(C)nc2n1Cc1ccc2nn(-c3ccccc3C(=O)OC)c(C#Cc3ccccc3OC)c2c1. The number of methoxy groups -OCH3 is 2. The van der Waals surface area contributed by atoms with Crippen LogP contribution in [0.15, 0.2) is 72.8 Å². The predicted molar refractivity (Wildman–Crippen MR) is 167 cm³/mol. The smallest absolute Gasteiger partial charge is 0.340 e. The molecule has 6 aromatic rings. The van der Waals surface area contributed by atoms with E-state index in [0.29, 0.717) is 29.2 Å². The molecular weight excluding hydrogens is 538 g/mol. The fourth-order valence-corrected chi connectivity index (χ4v) is 5.41. The van der Waals surface area contributed by atoms with E-state index in [2.05, 4.69) is 48.5 Å². The predicted octanol–water partition coefficient (Wildman–Crippen LogP) is 6.19. The number of aromatic nitrogens is 5. The van der Waals surface area contributed by atoms with Gasteiger partial charge in [-0.2, -0.15) is 5.10 Å². The third kappa shape index (κ3) is 5.10. The minimum atomic E-state index is -0.448. The minimum absolute atomic E-state index is 0.396. The molecule has 43 heavy (non-hydrogen) atoms. The summed E-state index contributed by atoms with van der Waals surface area (Å²) >= 11 is 0. The Hall–Kier alpha value is -5.42. The van der Waals surface area contributed by atoms with Gasteiger partial charge in [0.1, 0.15) is 22.8 Å². The second kappa shape index (κ2) is 11.5. The van der Waals surface area contributed by atoms with Gasteiger partial charge in [-0.25, -0.2) is 19.4 Å². The highest BCUT2D eigenvalue weighted by Crippen LogP contribution is 2.27. The molecule has 3 heterocycles. The molecule has 0 amide bonds. The van der Waals surface area contributed by atoms with Gasteiger partial charge in [0.2, 0.25) is 0 Å². The third-order valence-corrected chi connectivity index (χ3v) is 7.45. The highest BCUT2D eigenvalue weighted by molar-refractivity contribution is 5.94. The van der Waals surface area contributed by atoms with Crippen molar-refractivity contribution in [3.63, 3.8) is 0 Å². The number of esters is 1. The largest absolute Gasteiger partial charge is 0.495 e. The first-order chi connectivity index (χ1) is 20.9. The van der Waals surface area contributed by atoms with Gasteiger partial charge in [0.05, 0.1) is 43.1 Å². The number of ether oxygens (including phenoxy) is 2. The fourth-order valence-electron chi connectivity index (χ4n) is 5.41. The third-order valence-electron chi connectivity index (χ3n) is 7.45. The van der Waals surface area contributed by atoms with E-state index < -0.39 is 5.97 Å². The van der Waals surface area contributed by atoms with Crippen molar-refractivity contribution in [1.29, 1.82) is 0 Å². The zero-order chi connectivity index (χ0) is 30.1. The molecule has 3 aromatic heterocycles. The number of hydrogen-bond acceptors (Lipinski definition) is 6. The first-order valence-electron chi connectivity index (χ1n) is 14.1. The number of hydrogen-bond donors (Lipinski definition) is 0. The molecule has 0 aliphatic carbocycles. The Bertz CT molecular complexity index is 2080. The first-order valence-corrected chi connectivity index (χ1v) is 14.1. The number of benzene rings is 3. The molecule has 0 fully saturated rings. The summed E-state index contributed by atoms with van der Waals surface area (Å²) in [5.74, 6) is 7.84. The lowest BCUT2D eigenvalue weighted by Gasteiger charge is -2.09. The lowest BCUT2D eigenvalue weighted by molar-refractivity contribution is 0.0600. The molecule has 0 spiro atoms. The number of para-hydroxylation sites is 2. The molecule has 0 atom stereocenters. The molecule has 8 nitrogen and oxygen atoms in total. The van der Waals surface area contributed by atoms with Gasteiger partial charge < -0.3 is 14.0 Å². The van der Waals surface area contributed by atoms with Crippen molar-refractivity contribution in [3.8, 4) is 23.3 Å². The lowest BCUT2D eigenvalue weighted by atomic mass is 10.1. The first kappa shape index (κ1) is 27.7. The summed E-state index contributed by atoms with van der Waals surface area (Å²) in [6, 6.07) is 23.1. The summed E-state index contributed by atoms with van der Waals surface area (Å²) in [6.07, 6.45) is 0.787. The molecule has 0 N–H and O–H groups in total. The van der Waals surface area contributed by atoms with Crippen LogP contribution < -0.4 is 4.74 Å². The summed E-state index contributed by atoms with van der Waals surface area (Å²) in [4.78, 5) is 22.5. The number of imidazole rings is 1. The Kier molecular flexibility index (Phi) is 7.39. The zero-order valence-corrected chi connectivity index (χ0v) is 24.8. The second-order valence-corrected chi connectivity index (χ2v) is 10.3. The van der Waals surface area contributed by atoms with E-state index in [1.165, 1.54) is 7.11 Å². The van der Waals surface area contributed by atoms with Crippen LogP contribution in [0.4, 0.5) is 0 Å². The van der Waals surface area contributed by atoms with Gasteiger partial charge in [-0.1, -0.05) is 43.2 Å². The van der Waals surface area contributed by atoms with Gasteiger partial charge in [0.15, 0.2) is 5.65 Å². The summed E-state index contributed by atoms with van der Waals surface area (Å²) in [6.45, 7) is 6.79. The van der Waals surface area contributed by atoms with Crippen molar-refractivity contribution < 1.29 is 14.3 Å². The molecule has 0 saturated heterocycles. The molecule has 214 valence electrons. The van der Waals surface area contributed by atoms with Crippen LogP contribution in [0.1, 0.15) is 51.2 Å². The van der Waals surface area contributed by atoms with Crippen LogP contribution in [-0.4, -0.2) is 44.5 Å². The van der Waals surface area contributed by atoms with Gasteiger partial charge in [-0.05, 0) is 73.4 Å². The molecule has 0 aliphatic rings. The average molecular weight is 570 g/mol. The number of carbonyl (C=O) groups is 1. The van der Waals surface area contributed by atoms with Crippen molar-refractivity contribution in [2.24, 2.45) is 0 Å². The monoisotopic (exact) mass is 569 g/mol. The average Bonchev–Trinajstić information content (AvgIpc) is 3.57. The van der Waals surface area contributed by atoms with E-state index in [4.69, 9.17) is 24.5 Å². The van der Waals surface area contributed by atoms with Crippen molar-refractivity contribution >= 4 is 28.0 Å². The molecule has 0 radical (unpaired) electrons. The van der Waals surface area contributed by atoms with Gasteiger partial charge in [0, 0.05) is 17.5 Å². The van der Waals surface area contributed by atoms with E-state index in [1.807, 2.05) is 49.4 Å². The normalized spacial score (nSPS) is 11.0. The Balaban J connectivity index is 1.55. The number of pyridine rings is 1. The van der Waals surface area contributed by atoms with E-state index in [9.17, 15) is 4.79 Å². The summed E-state index contributed by atoms with van der Waals surface area (Å²) < 4.78 is 14.5. The van der Waals surface area contributed by atoms with Crippen molar-refractivity contribution in [2.45, 2.75) is 33.7 Å². The number of carbonyl (C=O) groups excluding carboxylic acids is 1. The van der Waals surface area contributed by atoms with Crippen molar-refractivity contribution in [3.05, 3.63) is 112 Å². The second-order valence-electron chi connectivity index (χ2n) is 10.3. The highest BCUT2D eigenvalue weighted by Gasteiger charge is 2.19. The number of rotatable bonds is 6. The minimum Gasteiger partial charge on any atom is -0.495 e. The van der Waals surface area contributed by atoms with E-state index in [0.717, 1.165) is 56.7 Å². The summed E-state index contributed by atoms with van der Waals surface area (Å²) in [5.41, 5.74) is 8.08. The van der Waals surface area contributed by atoms with Crippen LogP contribution >= 0.6 is 0 Å². The highest BCUT2D eigenvalue weighted by atomic mass is 16.5. The number of nitrogens with zero attached hydrogens (tertiary/aromatic N) is 5. The Morgan fingerprint density at radius 3 is 2.51 bits per heavy atom. The van der Waals surface area contributed by atoms with Crippen LogP contribution in [-0.2, 0) is 17.7 Å². The Labute approximate surface area is 249 Å². The van der Waals surface area contributed by atoms with Crippen LogP contribution in [0, 0.1) is 25.7 Å². The molecule has 0 bridgehead atoms. The fraction of sp³-hybridized carbons (Fsp3) is 0.200. The maximum Gasteiger partial charge on any atom is 0.340 e. The van der Waals surface area contributed by atoms with Crippen LogP contribution in [0.25, 0.3) is 27.8 Å². The summed E-state index contributed by atoms with van der Waals surface area (Å²) in [7, 11) is 3.00. The Morgan fingerprint density at radius 2 is 1.72 bits per heavy atom. The van der Waals surface area contributed by atoms with Gasteiger partial charge >= 0.3 is 5.97 Å². The maximum absolute atomic E-state index is 12.7. The van der Waals surface area contributed by atoms with E-state index in [1.54, 1.807) is 23.9 Å². The molecule has 3 aromatic carbocycles. The standard InChI is InChI=1S/C35H31N5O3/c1-6-32-37-33-22(2)19-23(3)36-34(33)39(32)21-24-15-17-28-27(20-24)30(18-16-25-11-7-10-14-31(25)42-4)40(38-28)29-13-9-8-12-26(29)35(41)43-5/h7-15,17,19-20H,6,21H2,1-5H3. The molecular formula is C35H31N5O3. The molecule has 6 rings (SSSR count). The van der Waals surface area contributed by atoms with Gasteiger partial charge in [-0.15, -0.1) is 0 Å². The van der Waals surface area contributed by atoms with Crippen LogP contribution in [0.2, 0.25) is 0 Å². The van der Waals surface area contributed by atoms with Gasteiger partial charge in [-0.3, -0.25) is 0 Å². The molecule has 0 aliphatic heterocycles. The topological polar surface area (TPSA) is 84.1 Å².